The zero-order valence-corrected chi connectivity index (χ0v) is 17.3. The van der Waals surface area contributed by atoms with Gasteiger partial charge >= 0.3 is 5.97 Å². The molecule has 0 bridgehead atoms. The number of hydrogen-bond acceptors (Lipinski definition) is 6. The van der Waals surface area contributed by atoms with E-state index in [1.165, 1.54) is 18.9 Å². The molecule has 0 saturated carbocycles. The van der Waals surface area contributed by atoms with Gasteiger partial charge in [-0.05, 0) is 18.1 Å². The van der Waals surface area contributed by atoms with Gasteiger partial charge in [0.2, 0.25) is 5.91 Å². The second-order valence-corrected chi connectivity index (χ2v) is 7.44. The first-order valence-corrected chi connectivity index (χ1v) is 9.89. The van der Waals surface area contributed by atoms with Gasteiger partial charge in [-0.2, -0.15) is 0 Å². The number of nitrogens with one attached hydrogen (secondary N) is 1. The minimum absolute atomic E-state index is 0.0203. The third kappa shape index (κ3) is 5.23. The number of benzene rings is 1. The number of carbonyl (C=O) groups excluding carboxylic acids is 2. The van der Waals surface area contributed by atoms with Gasteiger partial charge in [-0.3, -0.25) is 4.79 Å². The number of thioether (sulfide) groups is 1. The highest BCUT2D eigenvalue weighted by atomic mass is 35.5. The minimum Gasteiger partial charge on any atom is -0.467 e. The Kier molecular flexibility index (Phi) is 7.67. The van der Waals surface area contributed by atoms with E-state index in [0.717, 1.165) is 12.0 Å². The summed E-state index contributed by atoms with van der Waals surface area (Å²) < 4.78 is 6.57. The molecule has 2 rings (SSSR count). The van der Waals surface area contributed by atoms with Crippen LogP contribution in [0.4, 0.5) is 0 Å². The minimum atomic E-state index is -0.661. The molecule has 7 nitrogen and oxygen atoms in total. The smallest absolute Gasteiger partial charge is 0.328 e. The van der Waals surface area contributed by atoms with Gasteiger partial charge in [-0.1, -0.05) is 55.8 Å². The molecule has 0 unspecified atom stereocenters. The van der Waals surface area contributed by atoms with Crippen molar-refractivity contribution in [2.75, 3.05) is 12.9 Å². The molecule has 0 aliphatic carbocycles. The molecule has 0 spiro atoms. The SMILES string of the molecule is CC[C@@H](C)[C@@H](NC(=O)CSc1nnc(-c2ccccc2Cl)n1C)C(=O)OC. The van der Waals surface area contributed by atoms with Crippen molar-refractivity contribution < 1.29 is 14.3 Å². The Morgan fingerprint density at radius 2 is 2.04 bits per heavy atom. The first kappa shape index (κ1) is 21.2. The van der Waals surface area contributed by atoms with Crippen LogP contribution in [0, 0.1) is 5.92 Å². The Balaban J connectivity index is 2.03. The second kappa shape index (κ2) is 9.75. The van der Waals surface area contributed by atoms with Crippen LogP contribution in [0.1, 0.15) is 20.3 Å². The van der Waals surface area contributed by atoms with E-state index in [1.807, 2.05) is 39.1 Å². The van der Waals surface area contributed by atoms with E-state index >= 15 is 0 Å². The monoisotopic (exact) mass is 410 g/mol. The molecule has 0 aliphatic rings. The van der Waals surface area contributed by atoms with Crippen LogP contribution < -0.4 is 5.32 Å². The normalized spacial score (nSPS) is 13.1. The number of carbonyl (C=O) groups is 2. The van der Waals surface area contributed by atoms with E-state index in [1.54, 1.807) is 10.6 Å². The van der Waals surface area contributed by atoms with E-state index in [0.29, 0.717) is 16.0 Å². The molecule has 0 aliphatic heterocycles. The number of aromatic nitrogens is 3. The number of nitrogens with zero attached hydrogens (tertiary/aromatic N) is 3. The van der Waals surface area contributed by atoms with E-state index in [9.17, 15) is 9.59 Å². The van der Waals surface area contributed by atoms with Crippen LogP contribution in [-0.2, 0) is 21.4 Å². The molecule has 1 aromatic heterocycles. The maximum absolute atomic E-state index is 12.3. The van der Waals surface area contributed by atoms with Crippen molar-refractivity contribution in [3.05, 3.63) is 29.3 Å². The van der Waals surface area contributed by atoms with Crippen LogP contribution in [0.3, 0.4) is 0 Å². The van der Waals surface area contributed by atoms with Crippen LogP contribution in [0.2, 0.25) is 5.02 Å². The van der Waals surface area contributed by atoms with Crippen molar-refractivity contribution in [3.8, 4) is 11.4 Å². The van der Waals surface area contributed by atoms with Gasteiger partial charge in [0.05, 0.1) is 17.9 Å². The van der Waals surface area contributed by atoms with Gasteiger partial charge in [-0.15, -0.1) is 10.2 Å². The molecule has 1 aromatic carbocycles. The molecule has 27 heavy (non-hydrogen) atoms. The van der Waals surface area contributed by atoms with Crippen molar-refractivity contribution in [2.45, 2.75) is 31.5 Å². The lowest BCUT2D eigenvalue weighted by Gasteiger charge is -2.21. The van der Waals surface area contributed by atoms with Gasteiger partial charge < -0.3 is 14.6 Å². The van der Waals surface area contributed by atoms with Crippen LogP contribution in [0.25, 0.3) is 11.4 Å². The first-order valence-electron chi connectivity index (χ1n) is 8.53. The topological polar surface area (TPSA) is 86.1 Å². The average molecular weight is 411 g/mol. The van der Waals surface area contributed by atoms with Crippen molar-refractivity contribution in [2.24, 2.45) is 13.0 Å². The molecule has 2 atom stereocenters. The Bertz CT molecular complexity index is 812. The molecule has 9 heteroatoms. The lowest BCUT2D eigenvalue weighted by atomic mass is 9.99. The van der Waals surface area contributed by atoms with E-state index in [-0.39, 0.29) is 17.6 Å². The largest absolute Gasteiger partial charge is 0.467 e. The molecule has 2 aromatic rings. The summed E-state index contributed by atoms with van der Waals surface area (Å²) in [6.07, 6.45) is 0.748. The molecule has 146 valence electrons. The summed E-state index contributed by atoms with van der Waals surface area (Å²) in [6, 6.07) is 6.70. The fourth-order valence-electron chi connectivity index (χ4n) is 2.46. The highest BCUT2D eigenvalue weighted by Crippen LogP contribution is 2.28. The average Bonchev–Trinajstić information content (AvgIpc) is 3.04. The number of esters is 1. The Hall–Kier alpha value is -2.06. The predicted octanol–water partition coefficient (Wildman–Crippen LogP) is 2.93. The van der Waals surface area contributed by atoms with Crippen LogP contribution in [0.5, 0.6) is 0 Å². The summed E-state index contributed by atoms with van der Waals surface area (Å²) >= 11 is 7.45. The van der Waals surface area contributed by atoms with Gasteiger partial charge in [-0.25, -0.2) is 4.79 Å². The van der Waals surface area contributed by atoms with Crippen LogP contribution in [-0.4, -0.2) is 45.5 Å². The molecule has 1 amide bonds. The molecular formula is C18H23ClN4O3S. The van der Waals surface area contributed by atoms with E-state index < -0.39 is 12.0 Å². The molecule has 0 saturated heterocycles. The zero-order chi connectivity index (χ0) is 20.0. The van der Waals surface area contributed by atoms with Crippen molar-refractivity contribution in [3.63, 3.8) is 0 Å². The molecule has 1 heterocycles. The Morgan fingerprint density at radius 1 is 1.33 bits per heavy atom. The lowest BCUT2D eigenvalue weighted by Crippen LogP contribution is -2.46. The number of methoxy groups -OCH3 is 1. The van der Waals surface area contributed by atoms with Crippen LogP contribution in [0.15, 0.2) is 29.4 Å². The fraction of sp³-hybridized carbons (Fsp3) is 0.444. The van der Waals surface area contributed by atoms with Crippen LogP contribution >= 0.6 is 23.4 Å². The quantitative estimate of drug-likeness (QED) is 0.532. The van der Waals surface area contributed by atoms with Gasteiger partial charge in [0.15, 0.2) is 11.0 Å². The number of rotatable bonds is 8. The van der Waals surface area contributed by atoms with Gasteiger partial charge in [0, 0.05) is 12.6 Å². The second-order valence-electron chi connectivity index (χ2n) is 6.09. The summed E-state index contributed by atoms with van der Waals surface area (Å²) in [6.45, 7) is 3.85. The summed E-state index contributed by atoms with van der Waals surface area (Å²) in [5.41, 5.74) is 0.771. The molecular weight excluding hydrogens is 388 g/mol. The third-order valence-corrected chi connectivity index (χ3v) is 5.62. The highest BCUT2D eigenvalue weighted by Gasteiger charge is 2.26. The first-order chi connectivity index (χ1) is 12.9. The number of amides is 1. The Morgan fingerprint density at radius 3 is 2.67 bits per heavy atom. The van der Waals surface area contributed by atoms with Crippen molar-refractivity contribution in [1.82, 2.24) is 20.1 Å². The maximum atomic E-state index is 12.3. The number of halogens is 1. The van der Waals surface area contributed by atoms with Gasteiger partial charge in [0.25, 0.3) is 0 Å². The zero-order valence-electron chi connectivity index (χ0n) is 15.7. The predicted molar refractivity (Wildman–Crippen MR) is 106 cm³/mol. The van der Waals surface area contributed by atoms with E-state index in [2.05, 4.69) is 15.5 Å². The highest BCUT2D eigenvalue weighted by molar-refractivity contribution is 7.99. The molecule has 1 N–H and O–H groups in total. The summed E-state index contributed by atoms with van der Waals surface area (Å²) in [5.74, 6) is 0.00210. The van der Waals surface area contributed by atoms with Crippen molar-refractivity contribution in [1.29, 1.82) is 0 Å². The number of ether oxygens (including phenoxy) is 1. The maximum Gasteiger partial charge on any atom is 0.328 e. The third-order valence-electron chi connectivity index (χ3n) is 4.27. The summed E-state index contributed by atoms with van der Waals surface area (Å²) in [7, 11) is 3.13. The molecule has 0 fully saturated rings. The van der Waals surface area contributed by atoms with E-state index in [4.69, 9.17) is 16.3 Å². The summed E-state index contributed by atoms with van der Waals surface area (Å²) in [4.78, 5) is 24.2. The van der Waals surface area contributed by atoms with Gasteiger partial charge in [0.1, 0.15) is 6.04 Å². The summed E-state index contributed by atoms with van der Waals surface area (Å²) in [5, 5.41) is 12.2. The van der Waals surface area contributed by atoms with Crippen molar-refractivity contribution >= 4 is 35.2 Å². The number of hydrogen-bond donors (Lipinski definition) is 1. The standard InChI is InChI=1S/C18H23ClN4O3S/c1-5-11(2)15(17(25)26-4)20-14(24)10-27-18-22-21-16(23(18)3)12-8-6-7-9-13(12)19/h6-9,11,15H,5,10H2,1-4H3,(H,20,24)/t11-,15-/m1/s1. The molecule has 0 radical (unpaired) electrons. The Labute approximate surface area is 167 Å². The lowest BCUT2D eigenvalue weighted by molar-refractivity contribution is -0.146. The fourth-order valence-corrected chi connectivity index (χ4v) is 3.40.